The number of halogens is 3. The van der Waals surface area contributed by atoms with Crippen LogP contribution in [0.15, 0.2) is 16.6 Å². The van der Waals surface area contributed by atoms with Gasteiger partial charge >= 0.3 is 0 Å². The summed E-state index contributed by atoms with van der Waals surface area (Å²) >= 11 is 2.94. The van der Waals surface area contributed by atoms with Crippen molar-refractivity contribution in [1.29, 1.82) is 0 Å². The third-order valence-corrected chi connectivity index (χ3v) is 7.96. The van der Waals surface area contributed by atoms with Crippen molar-refractivity contribution in [3.05, 3.63) is 28.2 Å². The Morgan fingerprint density at radius 1 is 1.57 bits per heavy atom. The first kappa shape index (κ1) is 15.3. The van der Waals surface area contributed by atoms with Crippen molar-refractivity contribution in [2.45, 2.75) is 29.1 Å². The molecule has 2 aliphatic rings. The number of amides is 1. The summed E-state index contributed by atoms with van der Waals surface area (Å²) in [5.74, 6) is -2.07. The Balaban J connectivity index is 1.81. The highest BCUT2D eigenvalue weighted by atomic mass is 79.9. The van der Waals surface area contributed by atoms with E-state index in [9.17, 15) is 13.6 Å². The third kappa shape index (κ3) is 2.41. The fourth-order valence-corrected chi connectivity index (χ4v) is 6.02. The van der Waals surface area contributed by atoms with Crippen LogP contribution in [-0.2, 0) is 4.79 Å². The number of anilines is 1. The molecule has 2 fully saturated rings. The first-order chi connectivity index (χ1) is 9.86. The van der Waals surface area contributed by atoms with E-state index in [0.717, 1.165) is 12.6 Å². The molecule has 4 atom stereocenters. The second kappa shape index (κ2) is 5.25. The molecule has 21 heavy (non-hydrogen) atoms. The summed E-state index contributed by atoms with van der Waals surface area (Å²) < 4.78 is 26.7. The smallest absolute Gasteiger partial charge is 0.227 e. The van der Waals surface area contributed by atoms with Gasteiger partial charge in [0.2, 0.25) is 5.91 Å². The molecule has 1 amide bonds. The number of hydrogen-bond donors (Lipinski definition) is 2. The Morgan fingerprint density at radius 2 is 2.29 bits per heavy atom. The number of benzene rings is 1. The summed E-state index contributed by atoms with van der Waals surface area (Å²) in [6.45, 7) is 2.79. The number of nitrogens with one attached hydrogen (secondary N) is 2. The minimum Gasteiger partial charge on any atom is -0.326 e. The maximum Gasteiger partial charge on any atom is 0.227 e. The Morgan fingerprint density at radius 3 is 2.95 bits per heavy atom. The second-order valence-electron chi connectivity index (χ2n) is 5.45. The van der Waals surface area contributed by atoms with E-state index < -0.39 is 16.7 Å². The summed E-state index contributed by atoms with van der Waals surface area (Å²) in [5.41, 5.74) is 0.605. The molecule has 0 bridgehead atoms. The zero-order chi connectivity index (χ0) is 15.4. The van der Waals surface area contributed by atoms with Gasteiger partial charge in [-0.3, -0.25) is 4.79 Å². The maximum atomic E-state index is 13.4. The monoisotopic (exact) mass is 385 g/mol. The molecule has 3 rings (SSSR count). The molecule has 2 saturated heterocycles. The molecule has 1 aromatic rings. The number of fused-ring (bicyclic) bond motifs is 1. The first-order valence-corrected chi connectivity index (χ1v) is 8.99. The minimum absolute atomic E-state index is 0.00121. The molecule has 2 unspecified atom stereocenters. The molecule has 0 aromatic heterocycles. The largest absolute Gasteiger partial charge is 0.326 e. The van der Waals surface area contributed by atoms with Gasteiger partial charge in [-0.2, -0.15) is 0 Å². The van der Waals surface area contributed by atoms with Crippen molar-refractivity contribution in [2.24, 2.45) is 0 Å². The number of carbonyl (C=O) groups excluding carboxylic acids is 1. The van der Waals surface area contributed by atoms with Gasteiger partial charge in [-0.15, -0.1) is 0 Å². The van der Waals surface area contributed by atoms with Gasteiger partial charge < -0.3 is 10.6 Å². The Labute approximate surface area is 135 Å². The zero-order valence-corrected chi connectivity index (χ0v) is 14.7. The molecule has 5 radical (unpaired) electrons. The molecule has 1 aromatic carbocycles. The second-order valence-corrected chi connectivity index (χ2v) is 8.74. The summed E-state index contributed by atoms with van der Waals surface area (Å²) in [5, 5.41) is 5.65. The highest BCUT2D eigenvalue weighted by Gasteiger charge is 2.66. The van der Waals surface area contributed by atoms with Crippen LogP contribution < -0.4 is 10.6 Å². The quantitative estimate of drug-likeness (QED) is 0.605. The lowest BCUT2D eigenvalue weighted by Crippen LogP contribution is -2.40. The molecule has 2 N–H and O–H groups in total. The van der Waals surface area contributed by atoms with Crippen molar-refractivity contribution < 1.29 is 13.6 Å². The fraction of sp³-hybridized carbons (Fsp3) is 0.462. The molecule has 2 heterocycles. The highest BCUT2D eigenvalue weighted by Crippen LogP contribution is 2.67. The normalized spacial score (nSPS) is 34.2. The predicted molar refractivity (Wildman–Crippen MR) is 81.9 cm³/mol. The van der Waals surface area contributed by atoms with E-state index in [1.165, 1.54) is 6.07 Å². The van der Waals surface area contributed by atoms with Gasteiger partial charge in [0.05, 0.1) is 14.0 Å². The van der Waals surface area contributed by atoms with Crippen LogP contribution in [0.5, 0.6) is 0 Å². The van der Waals surface area contributed by atoms with Gasteiger partial charge in [0, 0.05) is 33.1 Å². The Hall–Kier alpha value is -0.576. The standard InChI is InChI=1S/C13H12BrF2N2OSi2/c1-5-11-13(21-11,9(20)4-17-5)12(19)18-6-2-7(14)10(16)8(15)3-6/h2-3,5,9,11,17H,4H2,1H3,(H,18,19)/t5-,9?,11?,13+/m0/s1. The molecule has 0 saturated carbocycles. The van der Waals surface area contributed by atoms with Gasteiger partial charge in [0.25, 0.3) is 0 Å². The minimum atomic E-state index is -0.986. The SMILES string of the molecule is C[C@@H]1NCC([Si])[C@@]2(C(=O)Nc3cc(F)c(F)c(Br)c3)[Si]C12. The van der Waals surface area contributed by atoms with Crippen LogP contribution in [0.25, 0.3) is 0 Å². The summed E-state index contributed by atoms with van der Waals surface area (Å²) in [6, 6.07) is 2.67. The van der Waals surface area contributed by atoms with Crippen LogP contribution in [-0.4, -0.2) is 38.3 Å². The fourth-order valence-electron chi connectivity index (χ4n) is 2.86. The lowest BCUT2D eigenvalue weighted by atomic mass is 9.91. The highest BCUT2D eigenvalue weighted by molar-refractivity contribution is 9.10. The van der Waals surface area contributed by atoms with Gasteiger partial charge in [0.1, 0.15) is 0 Å². The molecule has 109 valence electrons. The van der Waals surface area contributed by atoms with E-state index in [1.54, 1.807) is 0 Å². The topological polar surface area (TPSA) is 41.1 Å². The molecule has 8 heteroatoms. The lowest BCUT2D eigenvalue weighted by molar-refractivity contribution is -0.118. The molecule has 3 nitrogen and oxygen atoms in total. The van der Waals surface area contributed by atoms with Crippen LogP contribution in [0.4, 0.5) is 14.5 Å². The lowest BCUT2D eigenvalue weighted by Gasteiger charge is -2.33. The average molecular weight is 386 g/mol. The Bertz CT molecular complexity index is 595. The van der Waals surface area contributed by atoms with E-state index in [1.807, 2.05) is 0 Å². The molecule has 0 aliphatic carbocycles. The summed E-state index contributed by atoms with van der Waals surface area (Å²) in [7, 11) is 4.16. The van der Waals surface area contributed by atoms with Crippen LogP contribution in [0, 0.1) is 11.6 Å². The maximum absolute atomic E-state index is 13.4. The summed E-state index contributed by atoms with van der Waals surface area (Å²) in [6.07, 6.45) is 0. The number of hydrogen-bond acceptors (Lipinski definition) is 2. The zero-order valence-electron chi connectivity index (χ0n) is 11.1. The van der Waals surface area contributed by atoms with Gasteiger partial charge in [-0.05, 0) is 46.5 Å². The molecule has 2 aliphatic heterocycles. The van der Waals surface area contributed by atoms with Gasteiger partial charge in [-0.25, -0.2) is 8.78 Å². The number of piperidine rings is 1. The van der Waals surface area contributed by atoms with Crippen molar-refractivity contribution in [3.63, 3.8) is 0 Å². The van der Waals surface area contributed by atoms with Gasteiger partial charge in [-0.1, -0.05) is 0 Å². The van der Waals surface area contributed by atoms with E-state index in [2.05, 4.69) is 43.7 Å². The average Bonchev–Trinajstić information content (AvgIpc) is 3.18. The predicted octanol–water partition coefficient (Wildman–Crippen LogP) is 2.28. The van der Waals surface area contributed by atoms with E-state index >= 15 is 0 Å². The Kier molecular flexibility index (Phi) is 3.83. The van der Waals surface area contributed by atoms with E-state index in [-0.39, 0.29) is 21.6 Å². The molecular formula is C13H12BrF2N2OSi2. The number of carbonyl (C=O) groups is 1. The van der Waals surface area contributed by atoms with Gasteiger partial charge in [0.15, 0.2) is 11.6 Å². The summed E-state index contributed by atoms with van der Waals surface area (Å²) in [4.78, 5) is 12.6. The molecule has 0 spiro atoms. The van der Waals surface area contributed by atoms with Crippen molar-refractivity contribution in [3.8, 4) is 0 Å². The van der Waals surface area contributed by atoms with Crippen LogP contribution in [0.1, 0.15) is 6.92 Å². The van der Waals surface area contributed by atoms with E-state index in [4.69, 9.17) is 0 Å². The third-order valence-electron chi connectivity index (χ3n) is 4.11. The van der Waals surface area contributed by atoms with Crippen molar-refractivity contribution in [2.75, 3.05) is 11.9 Å². The number of rotatable bonds is 2. The van der Waals surface area contributed by atoms with E-state index in [0.29, 0.717) is 21.1 Å². The first-order valence-electron chi connectivity index (χ1n) is 6.54. The van der Waals surface area contributed by atoms with Crippen molar-refractivity contribution >= 4 is 47.3 Å². The molecular weight excluding hydrogens is 374 g/mol. The van der Waals surface area contributed by atoms with Crippen LogP contribution in [0.2, 0.25) is 16.1 Å². The van der Waals surface area contributed by atoms with Crippen LogP contribution >= 0.6 is 15.9 Å². The van der Waals surface area contributed by atoms with Crippen molar-refractivity contribution in [1.82, 2.24) is 5.32 Å². The van der Waals surface area contributed by atoms with Crippen LogP contribution in [0.3, 0.4) is 0 Å².